The van der Waals surface area contributed by atoms with Crippen molar-refractivity contribution in [2.75, 3.05) is 0 Å². The van der Waals surface area contributed by atoms with Gasteiger partial charge in [0.15, 0.2) is 0 Å². The van der Waals surface area contributed by atoms with Gasteiger partial charge >= 0.3 is 5.97 Å². The van der Waals surface area contributed by atoms with Crippen LogP contribution >= 0.6 is 0 Å². The van der Waals surface area contributed by atoms with Crippen LogP contribution in [0.25, 0.3) is 0 Å². The number of rotatable bonds is 8. The Morgan fingerprint density at radius 2 is 1.83 bits per heavy atom. The van der Waals surface area contributed by atoms with Gasteiger partial charge in [-0.3, -0.25) is 4.79 Å². The summed E-state index contributed by atoms with van der Waals surface area (Å²) in [4.78, 5) is 10.5. The normalized spacial score (nSPS) is 34.4. The second kappa shape index (κ2) is 8.32. The molecule has 0 aromatic carbocycles. The van der Waals surface area contributed by atoms with Gasteiger partial charge in [0.05, 0.1) is 12.2 Å². The van der Waals surface area contributed by atoms with Crippen LogP contribution in [0.15, 0.2) is 12.2 Å². The van der Waals surface area contributed by atoms with Gasteiger partial charge in [-0.05, 0) is 69.1 Å². The van der Waals surface area contributed by atoms with Crippen LogP contribution in [0.5, 0.6) is 0 Å². The van der Waals surface area contributed by atoms with E-state index in [4.69, 9.17) is 9.84 Å². The van der Waals surface area contributed by atoms with E-state index in [1.54, 1.807) is 0 Å². The number of carboxylic acids is 1. The number of aliphatic carboxylic acids is 1. The van der Waals surface area contributed by atoms with Crippen molar-refractivity contribution in [2.45, 2.75) is 89.3 Å². The van der Waals surface area contributed by atoms with Gasteiger partial charge in [0, 0.05) is 6.42 Å². The standard InChI is InChI=1S/C20H32O3/c21-19(22)11-7-2-1-6-10-18-15-12-13-16(14-15)20(18)23-17-8-4-3-5-9-17/h1,6,15-18,20H,2-5,7-14H2,(H,21,22)/b6-1-/t15-,16+,18-,20-/m1/s1. The summed E-state index contributed by atoms with van der Waals surface area (Å²) in [5, 5.41) is 8.66. The van der Waals surface area contributed by atoms with Crippen molar-refractivity contribution < 1.29 is 14.6 Å². The number of allylic oxidation sites excluding steroid dienone is 2. The molecule has 23 heavy (non-hydrogen) atoms. The minimum atomic E-state index is -0.688. The average Bonchev–Trinajstić information content (AvgIpc) is 3.14. The van der Waals surface area contributed by atoms with Crippen molar-refractivity contribution in [3.63, 3.8) is 0 Å². The lowest BCUT2D eigenvalue weighted by atomic mass is 9.83. The highest BCUT2D eigenvalue weighted by Gasteiger charge is 2.48. The van der Waals surface area contributed by atoms with E-state index in [1.807, 2.05) is 0 Å². The predicted molar refractivity (Wildman–Crippen MR) is 91.3 cm³/mol. The molecule has 0 spiro atoms. The molecule has 0 aromatic rings. The van der Waals surface area contributed by atoms with Crippen molar-refractivity contribution in [3.05, 3.63) is 12.2 Å². The summed E-state index contributed by atoms with van der Waals surface area (Å²) in [6, 6.07) is 0. The largest absolute Gasteiger partial charge is 0.481 e. The lowest BCUT2D eigenvalue weighted by Crippen LogP contribution is -2.34. The molecule has 3 fully saturated rings. The summed E-state index contributed by atoms with van der Waals surface area (Å²) >= 11 is 0. The Balaban J connectivity index is 1.46. The number of carboxylic acid groups (broad SMARTS) is 1. The van der Waals surface area contributed by atoms with Crippen molar-refractivity contribution in [1.82, 2.24) is 0 Å². The third-order valence-corrected chi connectivity index (χ3v) is 6.24. The van der Waals surface area contributed by atoms with Crippen LogP contribution in [0.1, 0.15) is 77.0 Å². The molecule has 0 aliphatic heterocycles. The summed E-state index contributed by atoms with van der Waals surface area (Å²) < 4.78 is 6.60. The molecule has 0 saturated heterocycles. The summed E-state index contributed by atoms with van der Waals surface area (Å²) in [5.41, 5.74) is 0. The first-order valence-electron chi connectivity index (χ1n) is 9.76. The summed E-state index contributed by atoms with van der Waals surface area (Å²) in [6.45, 7) is 0. The molecular weight excluding hydrogens is 288 g/mol. The minimum absolute atomic E-state index is 0.284. The first kappa shape index (κ1) is 17.0. The Labute approximate surface area is 140 Å². The third kappa shape index (κ3) is 4.59. The highest BCUT2D eigenvalue weighted by atomic mass is 16.5. The molecule has 0 unspecified atom stereocenters. The lowest BCUT2D eigenvalue weighted by molar-refractivity contribution is -0.137. The van der Waals surface area contributed by atoms with Crippen molar-refractivity contribution in [3.8, 4) is 0 Å². The molecule has 3 rings (SSSR count). The molecule has 3 aliphatic carbocycles. The van der Waals surface area contributed by atoms with E-state index in [0.717, 1.165) is 31.1 Å². The smallest absolute Gasteiger partial charge is 0.303 e. The molecule has 0 amide bonds. The molecule has 3 aliphatic rings. The van der Waals surface area contributed by atoms with Crippen molar-refractivity contribution in [1.29, 1.82) is 0 Å². The first-order chi connectivity index (χ1) is 11.2. The lowest BCUT2D eigenvalue weighted by Gasteiger charge is -2.35. The van der Waals surface area contributed by atoms with Crippen LogP contribution in [0.4, 0.5) is 0 Å². The second-order valence-corrected chi connectivity index (χ2v) is 7.85. The van der Waals surface area contributed by atoms with Gasteiger partial charge in [0.2, 0.25) is 0 Å². The van der Waals surface area contributed by atoms with E-state index < -0.39 is 5.97 Å². The number of unbranched alkanes of at least 4 members (excludes halogenated alkanes) is 1. The fourth-order valence-corrected chi connectivity index (χ4v) is 5.06. The van der Waals surface area contributed by atoms with E-state index in [9.17, 15) is 4.79 Å². The molecule has 0 radical (unpaired) electrons. The molecule has 3 saturated carbocycles. The number of ether oxygens (including phenoxy) is 1. The molecule has 3 heteroatoms. The molecule has 130 valence electrons. The second-order valence-electron chi connectivity index (χ2n) is 7.85. The maximum atomic E-state index is 10.5. The Morgan fingerprint density at radius 1 is 1.04 bits per heavy atom. The number of fused-ring (bicyclic) bond motifs is 2. The zero-order valence-electron chi connectivity index (χ0n) is 14.3. The molecule has 1 N–H and O–H groups in total. The Kier molecular flexibility index (Phi) is 6.15. The van der Waals surface area contributed by atoms with Crippen LogP contribution in [0.3, 0.4) is 0 Å². The van der Waals surface area contributed by atoms with Crippen molar-refractivity contribution in [2.24, 2.45) is 17.8 Å². The topological polar surface area (TPSA) is 46.5 Å². The minimum Gasteiger partial charge on any atom is -0.481 e. The Bertz CT molecular complexity index is 411. The SMILES string of the molecule is O=C(O)CCC/C=C\C[C@@H]1[C@@H]2CC[C@@H](C2)[C@H]1OC1CCCCC1. The van der Waals surface area contributed by atoms with Gasteiger partial charge in [-0.2, -0.15) is 0 Å². The number of carbonyl (C=O) groups is 1. The Hall–Kier alpha value is -0.830. The molecular formula is C20H32O3. The number of hydrogen-bond donors (Lipinski definition) is 1. The third-order valence-electron chi connectivity index (χ3n) is 6.24. The summed E-state index contributed by atoms with van der Waals surface area (Å²) in [6.07, 6.45) is 19.3. The Morgan fingerprint density at radius 3 is 2.61 bits per heavy atom. The molecule has 0 aromatic heterocycles. The maximum absolute atomic E-state index is 10.5. The van der Waals surface area contributed by atoms with Crippen LogP contribution in [0.2, 0.25) is 0 Å². The van der Waals surface area contributed by atoms with Gasteiger partial charge in [-0.25, -0.2) is 0 Å². The average molecular weight is 320 g/mol. The fourth-order valence-electron chi connectivity index (χ4n) is 5.06. The predicted octanol–water partition coefficient (Wildman–Crippen LogP) is 4.95. The molecule has 3 nitrogen and oxygen atoms in total. The van der Waals surface area contributed by atoms with E-state index in [2.05, 4.69) is 12.2 Å². The monoisotopic (exact) mass is 320 g/mol. The van der Waals surface area contributed by atoms with E-state index in [1.165, 1.54) is 51.4 Å². The van der Waals surface area contributed by atoms with Gasteiger partial charge in [0.1, 0.15) is 0 Å². The fraction of sp³-hybridized carbons (Fsp3) is 0.850. The van der Waals surface area contributed by atoms with Crippen LogP contribution in [0, 0.1) is 17.8 Å². The van der Waals surface area contributed by atoms with Gasteiger partial charge in [-0.1, -0.05) is 31.4 Å². The van der Waals surface area contributed by atoms with Crippen LogP contribution in [-0.4, -0.2) is 23.3 Å². The molecule has 0 heterocycles. The highest BCUT2D eigenvalue weighted by molar-refractivity contribution is 5.66. The maximum Gasteiger partial charge on any atom is 0.303 e. The van der Waals surface area contributed by atoms with E-state index in [-0.39, 0.29) is 6.42 Å². The van der Waals surface area contributed by atoms with E-state index in [0.29, 0.717) is 18.1 Å². The van der Waals surface area contributed by atoms with Gasteiger partial charge < -0.3 is 9.84 Å². The van der Waals surface area contributed by atoms with E-state index >= 15 is 0 Å². The molecule has 4 atom stereocenters. The zero-order chi connectivity index (χ0) is 16.1. The summed E-state index contributed by atoms with van der Waals surface area (Å²) in [5.74, 6) is 1.71. The first-order valence-corrected chi connectivity index (χ1v) is 9.76. The summed E-state index contributed by atoms with van der Waals surface area (Å²) in [7, 11) is 0. The van der Waals surface area contributed by atoms with Gasteiger partial charge in [-0.15, -0.1) is 0 Å². The van der Waals surface area contributed by atoms with Crippen molar-refractivity contribution >= 4 is 5.97 Å². The van der Waals surface area contributed by atoms with Crippen LogP contribution in [-0.2, 0) is 9.53 Å². The quantitative estimate of drug-likeness (QED) is 0.508. The van der Waals surface area contributed by atoms with Crippen LogP contribution < -0.4 is 0 Å². The highest BCUT2D eigenvalue weighted by Crippen LogP contribution is 2.52. The van der Waals surface area contributed by atoms with Gasteiger partial charge in [0.25, 0.3) is 0 Å². The zero-order valence-corrected chi connectivity index (χ0v) is 14.3. The number of hydrogen-bond acceptors (Lipinski definition) is 2. The molecule has 2 bridgehead atoms.